The molecule has 0 amide bonds. The number of aliphatic hydroxyl groups excluding tert-OH is 1. The molecule has 1 aromatic heterocycles. The highest BCUT2D eigenvalue weighted by Gasteiger charge is 2.09. The van der Waals surface area contributed by atoms with Crippen molar-refractivity contribution < 1.29 is 23.2 Å². The third kappa shape index (κ3) is 4.06. The van der Waals surface area contributed by atoms with Gasteiger partial charge in [-0.1, -0.05) is 0 Å². The van der Waals surface area contributed by atoms with Crippen molar-refractivity contribution in [3.05, 3.63) is 23.0 Å². The molecule has 0 aromatic carbocycles. The Balaban J connectivity index is 2.89. The fourth-order valence-electron chi connectivity index (χ4n) is 1.25. The van der Waals surface area contributed by atoms with Gasteiger partial charge in [-0.05, 0) is 6.92 Å². The molecule has 8 heteroatoms. The van der Waals surface area contributed by atoms with Crippen molar-refractivity contribution in [3.63, 3.8) is 0 Å². The Morgan fingerprint density at radius 1 is 1.50 bits per heavy atom. The first-order valence-corrected chi connectivity index (χ1v) is 6.69. The number of hydrogen-bond donors (Lipinski definition) is 3. The van der Waals surface area contributed by atoms with Gasteiger partial charge in [0.15, 0.2) is 0 Å². The molecule has 0 fully saturated rings. The Bertz CT molecular complexity index is 554. The van der Waals surface area contributed by atoms with Gasteiger partial charge in [-0.3, -0.25) is 14.5 Å². The smallest absolute Gasteiger partial charge is 0.266 e. The minimum absolute atomic E-state index is 0.114. The van der Waals surface area contributed by atoms with Crippen LogP contribution in [0.4, 0.5) is 0 Å². The second-order valence-electron chi connectivity index (χ2n) is 3.61. The van der Waals surface area contributed by atoms with Crippen molar-refractivity contribution in [1.82, 2.24) is 4.98 Å². The fraction of sp³-hybridized carbons (Fsp3) is 0.400. The number of aromatic hydroxyl groups is 1. The summed E-state index contributed by atoms with van der Waals surface area (Å²) in [7, 11) is -4.05. The number of hydrogen-bond acceptors (Lipinski definition) is 6. The molecule has 0 aliphatic rings. The molecular weight excluding hydrogens is 260 g/mol. The van der Waals surface area contributed by atoms with E-state index in [1.807, 2.05) is 0 Å². The standard InChI is InChI=1S/C10H14N2O5S/c1-7-10(14)9(8(6-13)4-12-7)5-11-2-3-18(15,16)17/h4-5,13-14H,2-3,6H2,1H3,(H,15,16,17). The van der Waals surface area contributed by atoms with E-state index in [9.17, 15) is 13.5 Å². The molecule has 100 valence electrons. The number of aliphatic hydroxyl groups is 1. The maximum Gasteiger partial charge on any atom is 0.266 e. The lowest BCUT2D eigenvalue weighted by atomic mass is 10.1. The van der Waals surface area contributed by atoms with E-state index in [-0.39, 0.29) is 18.9 Å². The van der Waals surface area contributed by atoms with Crippen LogP contribution in [0.5, 0.6) is 5.75 Å². The normalized spacial score (nSPS) is 12.2. The molecule has 0 unspecified atom stereocenters. The number of pyridine rings is 1. The summed E-state index contributed by atoms with van der Waals surface area (Å²) in [4.78, 5) is 7.64. The lowest BCUT2D eigenvalue weighted by Crippen LogP contribution is -2.07. The van der Waals surface area contributed by atoms with Crippen LogP contribution in [0.2, 0.25) is 0 Å². The van der Waals surface area contributed by atoms with E-state index in [4.69, 9.17) is 9.66 Å². The van der Waals surface area contributed by atoms with E-state index in [0.29, 0.717) is 16.8 Å². The average Bonchev–Trinajstić information content (AvgIpc) is 2.28. The van der Waals surface area contributed by atoms with Gasteiger partial charge in [0.25, 0.3) is 10.1 Å². The summed E-state index contributed by atoms with van der Waals surface area (Å²) in [6, 6.07) is 0. The topological polar surface area (TPSA) is 120 Å². The molecule has 1 heterocycles. The number of nitrogens with zero attached hydrogens (tertiary/aromatic N) is 2. The molecule has 0 saturated heterocycles. The Morgan fingerprint density at radius 3 is 2.72 bits per heavy atom. The lowest BCUT2D eigenvalue weighted by molar-refractivity contribution is 0.280. The van der Waals surface area contributed by atoms with Crippen LogP contribution in [-0.4, -0.2) is 46.7 Å². The highest BCUT2D eigenvalue weighted by atomic mass is 32.2. The summed E-state index contributed by atoms with van der Waals surface area (Å²) >= 11 is 0. The van der Waals surface area contributed by atoms with Crippen LogP contribution in [0.3, 0.4) is 0 Å². The molecule has 3 N–H and O–H groups in total. The van der Waals surface area contributed by atoms with Crippen LogP contribution in [0.25, 0.3) is 0 Å². The summed E-state index contributed by atoms with van der Waals surface area (Å²) in [5.41, 5.74) is 1.05. The number of aliphatic imine (C=N–C) groups is 1. The molecule has 0 aliphatic carbocycles. The van der Waals surface area contributed by atoms with E-state index in [0.717, 1.165) is 0 Å². The predicted octanol–water partition coefficient (Wildman–Crippen LogP) is -0.105. The minimum atomic E-state index is -4.05. The molecular formula is C10H14N2O5S. The van der Waals surface area contributed by atoms with Gasteiger partial charge in [-0.15, -0.1) is 0 Å². The van der Waals surface area contributed by atoms with Gasteiger partial charge < -0.3 is 10.2 Å². The van der Waals surface area contributed by atoms with E-state index in [1.54, 1.807) is 6.92 Å². The summed E-state index contributed by atoms with van der Waals surface area (Å²) < 4.78 is 29.5. The molecule has 0 aliphatic heterocycles. The second-order valence-corrected chi connectivity index (χ2v) is 5.18. The SMILES string of the molecule is Cc1ncc(CO)c(C=NCCS(=O)(=O)O)c1O. The van der Waals surface area contributed by atoms with Gasteiger partial charge in [0.1, 0.15) is 5.75 Å². The van der Waals surface area contributed by atoms with Gasteiger partial charge in [-0.25, -0.2) is 0 Å². The van der Waals surface area contributed by atoms with E-state index in [1.165, 1.54) is 12.4 Å². The van der Waals surface area contributed by atoms with Gasteiger partial charge in [0.05, 0.1) is 24.6 Å². The van der Waals surface area contributed by atoms with Crippen molar-refractivity contribution in [1.29, 1.82) is 0 Å². The predicted molar refractivity (Wildman–Crippen MR) is 65.4 cm³/mol. The van der Waals surface area contributed by atoms with Gasteiger partial charge >= 0.3 is 0 Å². The highest BCUT2D eigenvalue weighted by Crippen LogP contribution is 2.21. The quantitative estimate of drug-likeness (QED) is 0.509. The summed E-state index contributed by atoms with van der Waals surface area (Å²) in [5.74, 6) is -0.611. The van der Waals surface area contributed by atoms with E-state index < -0.39 is 15.9 Å². The number of aryl methyl sites for hydroxylation is 1. The second kappa shape index (κ2) is 5.89. The van der Waals surface area contributed by atoms with E-state index in [2.05, 4.69) is 9.98 Å². The minimum Gasteiger partial charge on any atom is -0.505 e. The molecule has 1 aromatic rings. The maximum absolute atomic E-state index is 10.5. The molecule has 0 atom stereocenters. The van der Waals surface area contributed by atoms with Crippen molar-refractivity contribution in [2.45, 2.75) is 13.5 Å². The maximum atomic E-state index is 10.5. The zero-order chi connectivity index (χ0) is 13.8. The zero-order valence-corrected chi connectivity index (χ0v) is 10.6. The molecule has 0 bridgehead atoms. The zero-order valence-electron chi connectivity index (χ0n) is 9.74. The van der Waals surface area contributed by atoms with Crippen molar-refractivity contribution >= 4 is 16.3 Å². The van der Waals surface area contributed by atoms with Gasteiger partial charge in [0.2, 0.25) is 0 Å². The third-order valence-electron chi connectivity index (χ3n) is 2.23. The Hall–Kier alpha value is -1.51. The van der Waals surface area contributed by atoms with Crippen LogP contribution in [0.15, 0.2) is 11.2 Å². The molecule has 18 heavy (non-hydrogen) atoms. The first-order valence-electron chi connectivity index (χ1n) is 5.08. The van der Waals surface area contributed by atoms with Crippen molar-refractivity contribution in [2.75, 3.05) is 12.3 Å². The van der Waals surface area contributed by atoms with Crippen LogP contribution < -0.4 is 0 Å². The summed E-state index contributed by atoms with van der Waals surface area (Å²) in [5, 5.41) is 18.8. The van der Waals surface area contributed by atoms with Gasteiger partial charge in [0, 0.05) is 23.5 Å². The number of rotatable bonds is 5. The summed E-state index contributed by atoms with van der Waals surface area (Å²) in [6.07, 6.45) is 2.65. The monoisotopic (exact) mass is 274 g/mol. The Labute approximate surface area is 105 Å². The van der Waals surface area contributed by atoms with Crippen LogP contribution in [0.1, 0.15) is 16.8 Å². The highest BCUT2D eigenvalue weighted by molar-refractivity contribution is 7.85. The average molecular weight is 274 g/mol. The third-order valence-corrected chi connectivity index (χ3v) is 2.93. The first-order chi connectivity index (χ1) is 8.35. The van der Waals surface area contributed by atoms with Crippen LogP contribution >= 0.6 is 0 Å². The van der Waals surface area contributed by atoms with E-state index >= 15 is 0 Å². The molecule has 7 nitrogen and oxygen atoms in total. The largest absolute Gasteiger partial charge is 0.505 e. The first kappa shape index (κ1) is 14.6. The molecule has 0 spiro atoms. The Kier molecular flexibility index (Phi) is 4.76. The van der Waals surface area contributed by atoms with Crippen LogP contribution in [0, 0.1) is 6.92 Å². The van der Waals surface area contributed by atoms with Crippen molar-refractivity contribution in [2.24, 2.45) is 4.99 Å². The van der Waals surface area contributed by atoms with Gasteiger partial charge in [-0.2, -0.15) is 8.42 Å². The lowest BCUT2D eigenvalue weighted by Gasteiger charge is -2.06. The van der Waals surface area contributed by atoms with Crippen LogP contribution in [-0.2, 0) is 16.7 Å². The van der Waals surface area contributed by atoms with Crippen molar-refractivity contribution in [3.8, 4) is 5.75 Å². The molecule has 0 saturated carbocycles. The molecule has 0 radical (unpaired) electrons. The molecule has 1 rings (SSSR count). The fourth-order valence-corrected chi connectivity index (χ4v) is 1.58. The Morgan fingerprint density at radius 2 is 2.17 bits per heavy atom. The summed E-state index contributed by atoms with van der Waals surface area (Å²) in [6.45, 7) is 1.14. The number of aromatic nitrogens is 1.